The molecule has 2 rings (SSSR count). The van der Waals surface area contributed by atoms with Gasteiger partial charge in [0.15, 0.2) is 0 Å². The van der Waals surface area contributed by atoms with Gasteiger partial charge in [-0.2, -0.15) is 0 Å². The second-order valence-electron chi connectivity index (χ2n) is 5.86. The van der Waals surface area contributed by atoms with Gasteiger partial charge < -0.3 is 5.32 Å². The maximum absolute atomic E-state index is 13.3. The van der Waals surface area contributed by atoms with Crippen molar-refractivity contribution in [2.75, 3.05) is 12.8 Å². The number of amides is 1. The lowest BCUT2D eigenvalue weighted by atomic mass is 10.1. The van der Waals surface area contributed by atoms with E-state index >= 15 is 0 Å². The zero-order chi connectivity index (χ0) is 18.4. The van der Waals surface area contributed by atoms with Crippen molar-refractivity contribution in [1.29, 1.82) is 0 Å². The summed E-state index contributed by atoms with van der Waals surface area (Å²) in [4.78, 5) is 12.3. The van der Waals surface area contributed by atoms with E-state index in [2.05, 4.69) is 10.0 Å². The van der Waals surface area contributed by atoms with Crippen LogP contribution in [0.1, 0.15) is 34.5 Å². The van der Waals surface area contributed by atoms with Crippen LogP contribution in [0.25, 0.3) is 0 Å². The van der Waals surface area contributed by atoms with Crippen LogP contribution < -0.4 is 10.0 Å². The van der Waals surface area contributed by atoms with E-state index in [1.807, 2.05) is 0 Å². The van der Waals surface area contributed by atoms with E-state index in [4.69, 9.17) is 0 Å². The number of halogens is 1. The largest absolute Gasteiger partial charge is 0.346 e. The van der Waals surface area contributed by atoms with E-state index in [1.165, 1.54) is 12.1 Å². The van der Waals surface area contributed by atoms with Crippen LogP contribution in [0, 0.1) is 5.82 Å². The summed E-state index contributed by atoms with van der Waals surface area (Å²) in [5.74, 6) is -0.594. The minimum Gasteiger partial charge on any atom is -0.346 e. The zero-order valence-electron chi connectivity index (χ0n) is 14.1. The molecule has 0 unspecified atom stereocenters. The average molecular weight is 364 g/mol. The molecule has 0 heterocycles. The highest BCUT2D eigenvalue weighted by molar-refractivity contribution is 7.88. The van der Waals surface area contributed by atoms with Crippen LogP contribution in [0.3, 0.4) is 0 Å². The van der Waals surface area contributed by atoms with Gasteiger partial charge in [-0.15, -0.1) is 0 Å². The number of nitrogens with one attached hydrogen (secondary N) is 2. The minimum atomic E-state index is -3.20. The molecule has 0 aliphatic rings. The van der Waals surface area contributed by atoms with Crippen molar-refractivity contribution in [2.24, 2.45) is 0 Å². The molecule has 2 aromatic rings. The Kier molecular flexibility index (Phi) is 6.27. The molecular formula is C18H21FN2O3S. The van der Waals surface area contributed by atoms with Crippen LogP contribution >= 0.6 is 0 Å². The van der Waals surface area contributed by atoms with Gasteiger partial charge >= 0.3 is 0 Å². The number of rotatable bonds is 7. The third-order valence-corrected chi connectivity index (χ3v) is 4.42. The molecule has 0 fully saturated rings. The Hall–Kier alpha value is -2.25. The van der Waals surface area contributed by atoms with Gasteiger partial charge in [-0.3, -0.25) is 4.79 Å². The molecular weight excluding hydrogens is 343 g/mol. The number of sulfonamides is 1. The van der Waals surface area contributed by atoms with Crippen LogP contribution in [0.2, 0.25) is 0 Å². The summed E-state index contributed by atoms with van der Waals surface area (Å²) in [5, 5.41) is 2.82. The Bertz CT molecular complexity index is 836. The fourth-order valence-corrected chi connectivity index (χ4v) is 2.82. The van der Waals surface area contributed by atoms with Crippen LogP contribution in [-0.2, 0) is 16.4 Å². The van der Waals surface area contributed by atoms with Gasteiger partial charge in [-0.05, 0) is 48.7 Å². The van der Waals surface area contributed by atoms with Crippen molar-refractivity contribution in [1.82, 2.24) is 10.0 Å². The number of carbonyl (C=O) groups is 1. The van der Waals surface area contributed by atoms with Crippen molar-refractivity contribution in [2.45, 2.75) is 19.4 Å². The summed E-state index contributed by atoms with van der Waals surface area (Å²) in [6, 6.07) is 12.7. The first-order valence-electron chi connectivity index (χ1n) is 7.84. The summed E-state index contributed by atoms with van der Waals surface area (Å²) in [6.07, 6.45) is 1.65. The minimum absolute atomic E-state index is 0.252. The fraction of sp³-hybridized carbons (Fsp3) is 0.278. The summed E-state index contributed by atoms with van der Waals surface area (Å²) in [5.41, 5.74) is 2.10. The first-order valence-corrected chi connectivity index (χ1v) is 9.73. The molecule has 1 atom stereocenters. The molecule has 0 spiro atoms. The Morgan fingerprint density at radius 1 is 1.16 bits per heavy atom. The second kappa shape index (κ2) is 8.22. The molecule has 2 N–H and O–H groups in total. The topological polar surface area (TPSA) is 75.3 Å². The second-order valence-corrected chi connectivity index (χ2v) is 7.70. The molecule has 0 saturated heterocycles. The van der Waals surface area contributed by atoms with Gasteiger partial charge in [0.05, 0.1) is 12.3 Å². The monoisotopic (exact) mass is 364 g/mol. The number of hydrogen-bond acceptors (Lipinski definition) is 3. The van der Waals surface area contributed by atoms with E-state index in [0.717, 1.165) is 11.8 Å². The molecule has 5 nitrogen and oxygen atoms in total. The highest BCUT2D eigenvalue weighted by Gasteiger charge is 2.12. The molecule has 0 aromatic heterocycles. The SMILES string of the molecule is C[C@@H](NC(=O)c1ccc(CCNS(C)(=O)=O)cc1)c1cccc(F)c1. The maximum atomic E-state index is 13.3. The molecule has 2 aromatic carbocycles. The molecule has 0 aliphatic heterocycles. The number of carbonyl (C=O) groups excluding carboxylic acids is 1. The molecule has 0 aliphatic carbocycles. The molecule has 0 saturated carbocycles. The van der Waals surface area contributed by atoms with Gasteiger partial charge in [0, 0.05) is 12.1 Å². The molecule has 134 valence electrons. The number of hydrogen-bond donors (Lipinski definition) is 2. The quantitative estimate of drug-likeness (QED) is 0.792. The first kappa shape index (κ1) is 19.1. The van der Waals surface area contributed by atoms with Crippen molar-refractivity contribution in [3.05, 3.63) is 71.0 Å². The van der Waals surface area contributed by atoms with Gasteiger partial charge in [0.1, 0.15) is 5.82 Å². The molecule has 7 heteroatoms. The van der Waals surface area contributed by atoms with Crippen molar-refractivity contribution < 1.29 is 17.6 Å². The smallest absolute Gasteiger partial charge is 0.251 e. The van der Waals surface area contributed by atoms with Crippen molar-refractivity contribution in [3.63, 3.8) is 0 Å². The maximum Gasteiger partial charge on any atom is 0.251 e. The third-order valence-electron chi connectivity index (χ3n) is 3.69. The first-order chi connectivity index (χ1) is 11.7. The van der Waals surface area contributed by atoms with Crippen molar-refractivity contribution >= 4 is 15.9 Å². The van der Waals surface area contributed by atoms with Gasteiger partial charge in [0.25, 0.3) is 5.91 Å². The predicted octanol–water partition coefficient (Wildman–Crippen LogP) is 2.41. The summed E-state index contributed by atoms with van der Waals surface area (Å²) < 4.78 is 37.7. The fourth-order valence-electron chi connectivity index (χ4n) is 2.34. The summed E-state index contributed by atoms with van der Waals surface area (Å²) in [6.45, 7) is 2.10. The van der Waals surface area contributed by atoms with Crippen LogP contribution in [-0.4, -0.2) is 27.1 Å². The Morgan fingerprint density at radius 3 is 2.44 bits per heavy atom. The molecule has 1 amide bonds. The Balaban J connectivity index is 1.93. The summed E-state index contributed by atoms with van der Waals surface area (Å²) in [7, 11) is -3.20. The molecule has 0 radical (unpaired) electrons. The highest BCUT2D eigenvalue weighted by atomic mass is 32.2. The van der Waals surface area contributed by atoms with E-state index in [1.54, 1.807) is 43.3 Å². The Morgan fingerprint density at radius 2 is 1.84 bits per heavy atom. The molecule has 25 heavy (non-hydrogen) atoms. The van der Waals surface area contributed by atoms with Crippen LogP contribution in [0.15, 0.2) is 48.5 Å². The van der Waals surface area contributed by atoms with Crippen molar-refractivity contribution in [3.8, 4) is 0 Å². The van der Waals surface area contributed by atoms with E-state index in [0.29, 0.717) is 24.1 Å². The average Bonchev–Trinajstić information content (AvgIpc) is 2.54. The highest BCUT2D eigenvalue weighted by Crippen LogP contribution is 2.14. The van der Waals surface area contributed by atoms with Gasteiger partial charge in [-0.25, -0.2) is 17.5 Å². The molecule has 0 bridgehead atoms. The zero-order valence-corrected chi connectivity index (χ0v) is 14.9. The lowest BCUT2D eigenvalue weighted by molar-refractivity contribution is 0.0940. The van der Waals surface area contributed by atoms with Gasteiger partial charge in [0.2, 0.25) is 10.0 Å². The van der Waals surface area contributed by atoms with Crippen LogP contribution in [0.5, 0.6) is 0 Å². The normalized spacial score (nSPS) is 12.6. The van der Waals surface area contributed by atoms with Crippen LogP contribution in [0.4, 0.5) is 4.39 Å². The van der Waals surface area contributed by atoms with E-state index in [9.17, 15) is 17.6 Å². The third kappa shape index (κ3) is 6.28. The van der Waals surface area contributed by atoms with Gasteiger partial charge in [-0.1, -0.05) is 24.3 Å². The van der Waals surface area contributed by atoms with E-state index in [-0.39, 0.29) is 17.8 Å². The summed E-state index contributed by atoms with van der Waals surface area (Å²) >= 11 is 0. The lowest BCUT2D eigenvalue weighted by Gasteiger charge is -2.14. The number of benzene rings is 2. The van der Waals surface area contributed by atoms with E-state index < -0.39 is 10.0 Å². The Labute approximate surface area is 147 Å². The lowest BCUT2D eigenvalue weighted by Crippen LogP contribution is -2.26. The standard InChI is InChI=1S/C18H21FN2O3S/c1-13(16-4-3-5-17(19)12-16)21-18(22)15-8-6-14(7-9-15)10-11-20-25(2,23)24/h3-9,12-13,20H,10-11H2,1-2H3,(H,21,22)/t13-/m1/s1. The predicted molar refractivity (Wildman–Crippen MR) is 95.3 cm³/mol.